The Hall–Kier alpha value is -2.17. The fourth-order valence-electron chi connectivity index (χ4n) is 1.69. The van der Waals surface area contributed by atoms with Gasteiger partial charge in [-0.15, -0.1) is 0 Å². The minimum Gasteiger partial charge on any atom is -0.459 e. The first-order chi connectivity index (χ1) is 8.83. The third-order valence-corrected chi connectivity index (χ3v) is 2.89. The van der Waals surface area contributed by atoms with E-state index in [1.165, 1.54) is 0 Å². The molecule has 2 aromatic heterocycles. The van der Waals surface area contributed by atoms with Gasteiger partial charge in [0, 0.05) is 18.0 Å². The molecule has 5 heteroatoms. The van der Waals surface area contributed by atoms with E-state index in [0.717, 1.165) is 29.8 Å². The SMILES string of the molecule is O=C(OCc1cc(-c2ccncc2)n[nH]1)C1CC1. The fourth-order valence-corrected chi connectivity index (χ4v) is 1.69. The maximum atomic E-state index is 11.4. The number of ether oxygens (including phenoxy) is 1. The molecule has 2 heterocycles. The van der Waals surface area contributed by atoms with E-state index in [9.17, 15) is 4.79 Å². The summed E-state index contributed by atoms with van der Waals surface area (Å²) < 4.78 is 5.18. The van der Waals surface area contributed by atoms with Crippen molar-refractivity contribution in [2.45, 2.75) is 19.4 Å². The van der Waals surface area contributed by atoms with Crippen molar-refractivity contribution in [3.8, 4) is 11.3 Å². The van der Waals surface area contributed by atoms with Crippen molar-refractivity contribution in [3.05, 3.63) is 36.3 Å². The van der Waals surface area contributed by atoms with E-state index in [-0.39, 0.29) is 18.5 Å². The first-order valence-electron chi connectivity index (χ1n) is 5.94. The summed E-state index contributed by atoms with van der Waals surface area (Å²) in [4.78, 5) is 15.3. The summed E-state index contributed by atoms with van der Waals surface area (Å²) in [5.41, 5.74) is 2.62. The Kier molecular flexibility index (Phi) is 2.80. The van der Waals surface area contributed by atoms with Gasteiger partial charge in [-0.05, 0) is 31.0 Å². The Morgan fingerprint density at radius 2 is 2.17 bits per heavy atom. The number of aromatic amines is 1. The van der Waals surface area contributed by atoms with Crippen LogP contribution in [0.2, 0.25) is 0 Å². The van der Waals surface area contributed by atoms with E-state index in [1.54, 1.807) is 12.4 Å². The summed E-state index contributed by atoms with van der Waals surface area (Å²) in [6.07, 6.45) is 5.36. The molecule has 0 saturated heterocycles. The van der Waals surface area contributed by atoms with Crippen LogP contribution in [0.1, 0.15) is 18.5 Å². The molecular weight excluding hydrogens is 230 g/mol. The molecule has 0 radical (unpaired) electrons. The van der Waals surface area contributed by atoms with Gasteiger partial charge in [0.05, 0.1) is 17.3 Å². The van der Waals surface area contributed by atoms with E-state index in [1.807, 2.05) is 18.2 Å². The van der Waals surface area contributed by atoms with E-state index >= 15 is 0 Å². The zero-order valence-electron chi connectivity index (χ0n) is 9.80. The number of carbonyl (C=O) groups is 1. The van der Waals surface area contributed by atoms with Crippen LogP contribution in [0.5, 0.6) is 0 Å². The molecule has 1 aliphatic rings. The lowest BCUT2D eigenvalue weighted by Crippen LogP contribution is -2.06. The molecule has 1 saturated carbocycles. The van der Waals surface area contributed by atoms with E-state index in [2.05, 4.69) is 15.2 Å². The van der Waals surface area contributed by atoms with Crippen molar-refractivity contribution in [3.63, 3.8) is 0 Å². The maximum absolute atomic E-state index is 11.4. The van der Waals surface area contributed by atoms with Crippen LogP contribution in [0, 0.1) is 5.92 Å². The van der Waals surface area contributed by atoms with Crippen molar-refractivity contribution in [1.82, 2.24) is 15.2 Å². The zero-order valence-corrected chi connectivity index (χ0v) is 9.80. The van der Waals surface area contributed by atoms with Gasteiger partial charge in [0.15, 0.2) is 0 Å². The highest BCUT2D eigenvalue weighted by atomic mass is 16.5. The lowest BCUT2D eigenvalue weighted by atomic mass is 10.2. The third-order valence-electron chi connectivity index (χ3n) is 2.89. The molecule has 0 unspecified atom stereocenters. The summed E-state index contributed by atoms with van der Waals surface area (Å²) in [6, 6.07) is 5.65. The van der Waals surface area contributed by atoms with Crippen LogP contribution in [0.25, 0.3) is 11.3 Å². The molecule has 2 aromatic rings. The number of hydrogen-bond acceptors (Lipinski definition) is 4. The highest BCUT2D eigenvalue weighted by Gasteiger charge is 2.31. The predicted octanol–water partition coefficient (Wildman–Crippen LogP) is 1.92. The van der Waals surface area contributed by atoms with Crippen LogP contribution in [0.4, 0.5) is 0 Å². The van der Waals surface area contributed by atoms with Crippen molar-refractivity contribution in [2.75, 3.05) is 0 Å². The number of carbonyl (C=O) groups excluding carboxylic acids is 1. The second-order valence-corrected chi connectivity index (χ2v) is 4.40. The predicted molar refractivity (Wildman–Crippen MR) is 64.3 cm³/mol. The molecule has 5 nitrogen and oxygen atoms in total. The molecule has 92 valence electrons. The Morgan fingerprint density at radius 1 is 1.39 bits per heavy atom. The van der Waals surface area contributed by atoms with Crippen molar-refractivity contribution in [2.24, 2.45) is 5.92 Å². The number of pyridine rings is 1. The smallest absolute Gasteiger partial charge is 0.309 e. The van der Waals surface area contributed by atoms with E-state index in [0.29, 0.717) is 0 Å². The molecule has 0 amide bonds. The first-order valence-corrected chi connectivity index (χ1v) is 5.94. The molecule has 1 aliphatic carbocycles. The molecule has 18 heavy (non-hydrogen) atoms. The Labute approximate surface area is 104 Å². The number of nitrogens with one attached hydrogen (secondary N) is 1. The summed E-state index contributed by atoms with van der Waals surface area (Å²) in [5.74, 6) is 0.0302. The van der Waals surface area contributed by atoms with Gasteiger partial charge in [0.25, 0.3) is 0 Å². The molecule has 1 N–H and O–H groups in total. The third kappa shape index (κ3) is 2.40. The molecule has 0 aliphatic heterocycles. The molecule has 1 fully saturated rings. The number of nitrogens with zero attached hydrogens (tertiary/aromatic N) is 2. The van der Waals surface area contributed by atoms with Gasteiger partial charge in [-0.2, -0.15) is 5.10 Å². The van der Waals surface area contributed by atoms with Crippen molar-refractivity contribution < 1.29 is 9.53 Å². The van der Waals surface area contributed by atoms with Crippen LogP contribution in [-0.2, 0) is 16.1 Å². The zero-order chi connectivity index (χ0) is 12.4. The second-order valence-electron chi connectivity index (χ2n) is 4.40. The number of aromatic nitrogens is 3. The maximum Gasteiger partial charge on any atom is 0.309 e. The molecule has 3 rings (SSSR count). The summed E-state index contributed by atoms with van der Waals surface area (Å²) in [7, 11) is 0. The average Bonchev–Trinajstić information content (AvgIpc) is 3.16. The standard InChI is InChI=1S/C13H13N3O2/c17-13(10-1-2-10)18-8-11-7-12(16-15-11)9-3-5-14-6-4-9/h3-7,10H,1-2,8H2,(H,15,16). The molecule has 0 spiro atoms. The molecule has 0 atom stereocenters. The van der Waals surface area contributed by atoms with Gasteiger partial charge in [-0.25, -0.2) is 0 Å². The highest BCUT2D eigenvalue weighted by Crippen LogP contribution is 2.30. The number of H-pyrrole nitrogens is 1. The first kappa shape index (κ1) is 11.0. The van der Waals surface area contributed by atoms with Crippen LogP contribution >= 0.6 is 0 Å². The van der Waals surface area contributed by atoms with Crippen LogP contribution in [0.3, 0.4) is 0 Å². The van der Waals surface area contributed by atoms with E-state index in [4.69, 9.17) is 4.74 Å². The molecule has 0 bridgehead atoms. The lowest BCUT2D eigenvalue weighted by Gasteiger charge is -2.00. The highest BCUT2D eigenvalue weighted by molar-refractivity contribution is 5.74. The normalized spacial score (nSPS) is 14.4. The van der Waals surface area contributed by atoms with Crippen LogP contribution in [-0.4, -0.2) is 21.2 Å². The van der Waals surface area contributed by atoms with E-state index < -0.39 is 0 Å². The van der Waals surface area contributed by atoms with Crippen molar-refractivity contribution >= 4 is 5.97 Å². The Morgan fingerprint density at radius 3 is 2.89 bits per heavy atom. The summed E-state index contributed by atoms with van der Waals surface area (Å²) >= 11 is 0. The molecule has 0 aromatic carbocycles. The molecular formula is C13H13N3O2. The van der Waals surface area contributed by atoms with Gasteiger partial charge in [-0.1, -0.05) is 0 Å². The largest absolute Gasteiger partial charge is 0.459 e. The quantitative estimate of drug-likeness (QED) is 0.833. The topological polar surface area (TPSA) is 67.9 Å². The average molecular weight is 243 g/mol. The van der Waals surface area contributed by atoms with Gasteiger partial charge in [0.1, 0.15) is 6.61 Å². The fraction of sp³-hybridized carbons (Fsp3) is 0.308. The van der Waals surface area contributed by atoms with Gasteiger partial charge in [-0.3, -0.25) is 14.9 Å². The minimum atomic E-state index is -0.102. The summed E-state index contributed by atoms with van der Waals surface area (Å²) in [5, 5.41) is 7.05. The summed E-state index contributed by atoms with van der Waals surface area (Å²) in [6.45, 7) is 0.257. The minimum absolute atomic E-state index is 0.102. The van der Waals surface area contributed by atoms with Crippen molar-refractivity contribution in [1.29, 1.82) is 0 Å². The van der Waals surface area contributed by atoms with Crippen LogP contribution < -0.4 is 0 Å². The van der Waals surface area contributed by atoms with Crippen LogP contribution in [0.15, 0.2) is 30.6 Å². The number of rotatable bonds is 4. The van der Waals surface area contributed by atoms with Gasteiger partial charge < -0.3 is 4.74 Å². The van der Waals surface area contributed by atoms with Gasteiger partial charge in [0.2, 0.25) is 0 Å². The monoisotopic (exact) mass is 243 g/mol. The number of hydrogen-bond donors (Lipinski definition) is 1. The Balaban J connectivity index is 1.64. The number of esters is 1. The van der Waals surface area contributed by atoms with Gasteiger partial charge >= 0.3 is 5.97 Å². The second kappa shape index (κ2) is 4.60. The lowest BCUT2D eigenvalue weighted by molar-refractivity contribution is -0.146. The Bertz CT molecular complexity index is 546.